The van der Waals surface area contributed by atoms with Crippen LogP contribution in [0.15, 0.2) is 88.2 Å². The number of thiazole rings is 1. The van der Waals surface area contributed by atoms with Crippen LogP contribution >= 0.6 is 11.3 Å². The third kappa shape index (κ3) is 8.63. The molecule has 0 saturated carbocycles. The number of alkyl halides is 3. The first-order valence-electron chi connectivity index (χ1n) is 13.6. The highest BCUT2D eigenvalue weighted by Crippen LogP contribution is 2.37. The summed E-state index contributed by atoms with van der Waals surface area (Å²) in [7, 11) is -4.08. The number of halogens is 3. The predicted molar refractivity (Wildman–Crippen MR) is 162 cm³/mol. The highest BCUT2D eigenvalue weighted by molar-refractivity contribution is 7.89. The maximum Gasteiger partial charge on any atom is 0.490 e. The summed E-state index contributed by atoms with van der Waals surface area (Å²) in [6, 6.07) is 16.1. The molecule has 0 saturated heterocycles. The topological polar surface area (TPSA) is 191 Å². The second kappa shape index (κ2) is 14.6. The van der Waals surface area contributed by atoms with Gasteiger partial charge in [-0.15, -0.1) is 11.3 Å². The van der Waals surface area contributed by atoms with Gasteiger partial charge in [0.2, 0.25) is 10.0 Å². The smallest absolute Gasteiger partial charge is 0.461 e. The molecule has 0 aliphatic heterocycles. The van der Waals surface area contributed by atoms with Crippen LogP contribution in [0.5, 0.6) is 0 Å². The van der Waals surface area contributed by atoms with Crippen LogP contribution < -0.4 is 10.5 Å². The van der Waals surface area contributed by atoms with Gasteiger partial charge in [0.25, 0.3) is 5.91 Å². The van der Waals surface area contributed by atoms with E-state index in [1.807, 2.05) is 0 Å². The van der Waals surface area contributed by atoms with Crippen LogP contribution in [0, 0.1) is 5.53 Å². The van der Waals surface area contributed by atoms with E-state index >= 15 is 0 Å². The first-order chi connectivity index (χ1) is 22.2. The van der Waals surface area contributed by atoms with E-state index in [0.29, 0.717) is 22.5 Å². The van der Waals surface area contributed by atoms with Gasteiger partial charge < -0.3 is 14.8 Å². The number of carbonyl (C=O) groups is 3. The number of nitrogens with two attached hydrogens (primary N) is 1. The fraction of sp³-hybridized carbons (Fsp3) is 0.200. The van der Waals surface area contributed by atoms with Gasteiger partial charge in [-0.2, -0.15) is 18.3 Å². The van der Waals surface area contributed by atoms with Gasteiger partial charge in [-0.1, -0.05) is 54.6 Å². The molecule has 1 aromatic heterocycles. The number of carbonyl (C=O) groups excluding carboxylic acids is 3. The normalized spacial score (nSPS) is 12.9. The van der Waals surface area contributed by atoms with E-state index in [-0.39, 0.29) is 45.4 Å². The summed E-state index contributed by atoms with van der Waals surface area (Å²) < 4.78 is 74.4. The second-order valence-corrected chi connectivity index (χ2v) is 12.2. The second-order valence-electron chi connectivity index (χ2n) is 9.75. The van der Waals surface area contributed by atoms with Gasteiger partial charge in [-0.3, -0.25) is 4.79 Å². The monoisotopic (exact) mass is 689 g/mol. The number of hydrogen-bond donors (Lipinski definition) is 3. The summed E-state index contributed by atoms with van der Waals surface area (Å²) in [4.78, 5) is 42.0. The van der Waals surface area contributed by atoms with E-state index in [0.717, 1.165) is 0 Å². The Morgan fingerprint density at radius 1 is 1.06 bits per heavy atom. The Labute approximate surface area is 270 Å². The van der Waals surface area contributed by atoms with Crippen LogP contribution in [0.4, 0.5) is 13.2 Å². The molecule has 0 aliphatic carbocycles. The number of benzene rings is 3. The van der Waals surface area contributed by atoms with Crippen molar-refractivity contribution >= 4 is 39.2 Å². The average Bonchev–Trinajstić information content (AvgIpc) is 3.52. The zero-order chi connectivity index (χ0) is 34.4. The Balaban J connectivity index is 1.77. The molecule has 0 fully saturated rings. The standard InChI is InChI=1S/C30H26F3N5O7S2/c1-2-44-28(40)22-16-46-27(37-22)25(45-29(41)30(31,32)33)24(20-7-5-6-17(14-20)15-36-34)38-26(39)19-12-10-18(11-13-19)21-8-3-4-9-23(21)47(35,42)43/h3-14,16,24-25,34H,2,15H2,1H3,(H,38,39)(H2,35,42,43). The third-order valence-electron chi connectivity index (χ3n) is 6.53. The van der Waals surface area contributed by atoms with Crippen molar-refractivity contribution in [1.29, 1.82) is 5.53 Å². The lowest BCUT2D eigenvalue weighted by Gasteiger charge is -2.28. The van der Waals surface area contributed by atoms with E-state index in [1.54, 1.807) is 19.1 Å². The first-order valence-corrected chi connectivity index (χ1v) is 16.0. The summed E-state index contributed by atoms with van der Waals surface area (Å²) >= 11 is 0.712. The molecule has 2 atom stereocenters. The fourth-order valence-electron chi connectivity index (χ4n) is 4.45. The number of amides is 1. The van der Waals surface area contributed by atoms with Gasteiger partial charge in [0.1, 0.15) is 5.01 Å². The van der Waals surface area contributed by atoms with Gasteiger partial charge >= 0.3 is 18.1 Å². The summed E-state index contributed by atoms with van der Waals surface area (Å²) in [6.07, 6.45) is -7.30. The van der Waals surface area contributed by atoms with Crippen LogP contribution in [0.2, 0.25) is 0 Å². The number of nitrogens with one attached hydrogen (secondary N) is 2. The Hall–Kier alpha value is -5.00. The lowest BCUT2D eigenvalue weighted by molar-refractivity contribution is -0.206. The molecule has 2 unspecified atom stereocenters. The molecule has 1 amide bonds. The highest BCUT2D eigenvalue weighted by atomic mass is 32.2. The molecule has 0 aliphatic rings. The fourth-order valence-corrected chi connectivity index (χ4v) is 6.06. The van der Waals surface area contributed by atoms with E-state index in [4.69, 9.17) is 20.1 Å². The van der Waals surface area contributed by atoms with Gasteiger partial charge in [0, 0.05) is 16.5 Å². The molecular formula is C30H26F3N5O7S2. The SMILES string of the molecule is CCOC(=O)c1csc(C(OC(=O)C(F)(F)F)C(NC(=O)c2ccc(-c3ccccc3S(N)(=O)=O)cc2)c2cccc(CN=N)c2)n1. The Morgan fingerprint density at radius 2 is 1.77 bits per heavy atom. The molecule has 17 heteroatoms. The first kappa shape index (κ1) is 34.9. The van der Waals surface area contributed by atoms with Crippen molar-refractivity contribution in [1.82, 2.24) is 10.3 Å². The molecule has 246 valence electrons. The number of esters is 2. The minimum atomic E-state index is -5.41. The van der Waals surface area contributed by atoms with E-state index in [2.05, 4.69) is 15.4 Å². The van der Waals surface area contributed by atoms with Crippen molar-refractivity contribution in [2.24, 2.45) is 10.3 Å². The van der Waals surface area contributed by atoms with Crippen molar-refractivity contribution < 1.29 is 45.4 Å². The number of aromatic nitrogens is 1. The van der Waals surface area contributed by atoms with Crippen molar-refractivity contribution in [3.05, 3.63) is 106 Å². The zero-order valence-corrected chi connectivity index (χ0v) is 26.0. The molecule has 4 aromatic rings. The van der Waals surface area contributed by atoms with Gasteiger partial charge in [0.15, 0.2) is 11.8 Å². The van der Waals surface area contributed by atoms with Crippen LogP contribution in [0.3, 0.4) is 0 Å². The van der Waals surface area contributed by atoms with E-state index in [1.165, 1.54) is 66.0 Å². The van der Waals surface area contributed by atoms with Crippen LogP contribution in [-0.2, 0) is 30.8 Å². The van der Waals surface area contributed by atoms with Crippen LogP contribution in [0.25, 0.3) is 11.1 Å². The van der Waals surface area contributed by atoms with Crippen molar-refractivity contribution in [3.63, 3.8) is 0 Å². The van der Waals surface area contributed by atoms with E-state index in [9.17, 15) is 36.0 Å². The minimum absolute atomic E-state index is 0.00286. The molecular weight excluding hydrogens is 663 g/mol. The van der Waals surface area contributed by atoms with E-state index < -0.39 is 46.2 Å². The molecule has 3 aromatic carbocycles. The maximum atomic E-state index is 13.6. The quantitative estimate of drug-likeness (QED) is 0.129. The maximum absolute atomic E-state index is 13.6. The van der Waals surface area contributed by atoms with Crippen molar-refractivity contribution in [2.75, 3.05) is 6.61 Å². The van der Waals surface area contributed by atoms with Gasteiger partial charge in [0.05, 0.1) is 24.1 Å². The number of primary sulfonamides is 1. The predicted octanol–water partition coefficient (Wildman–Crippen LogP) is 5.48. The number of sulfonamides is 1. The zero-order valence-electron chi connectivity index (χ0n) is 24.4. The molecule has 4 rings (SSSR count). The number of ether oxygens (including phenoxy) is 2. The van der Waals surface area contributed by atoms with Crippen molar-refractivity contribution in [2.45, 2.75) is 36.7 Å². The summed E-state index contributed by atoms with van der Waals surface area (Å²) in [5, 5.41) is 12.2. The summed E-state index contributed by atoms with van der Waals surface area (Å²) in [5.74, 6) is -4.24. The summed E-state index contributed by atoms with van der Waals surface area (Å²) in [6.45, 7) is 1.45. The molecule has 47 heavy (non-hydrogen) atoms. The minimum Gasteiger partial charge on any atom is -0.461 e. The highest BCUT2D eigenvalue weighted by Gasteiger charge is 2.45. The molecule has 0 spiro atoms. The van der Waals surface area contributed by atoms with Crippen LogP contribution in [-0.4, -0.2) is 44.0 Å². The molecule has 12 nitrogen and oxygen atoms in total. The largest absolute Gasteiger partial charge is 0.490 e. The summed E-state index contributed by atoms with van der Waals surface area (Å²) in [5.41, 5.74) is 8.27. The van der Waals surface area contributed by atoms with Crippen LogP contribution in [0.1, 0.15) is 56.1 Å². The Kier molecular flexibility index (Phi) is 10.8. The Morgan fingerprint density at radius 3 is 2.40 bits per heavy atom. The molecule has 4 N–H and O–H groups in total. The number of rotatable bonds is 12. The van der Waals surface area contributed by atoms with Crippen molar-refractivity contribution in [3.8, 4) is 11.1 Å². The van der Waals surface area contributed by atoms with Gasteiger partial charge in [-0.25, -0.2) is 33.7 Å². The number of nitrogens with zero attached hydrogens (tertiary/aromatic N) is 2. The molecule has 0 radical (unpaired) electrons. The average molecular weight is 690 g/mol. The number of hydrogen-bond acceptors (Lipinski definition) is 11. The Bertz CT molecular complexity index is 1900. The molecule has 1 heterocycles. The molecule has 0 bridgehead atoms. The lowest BCUT2D eigenvalue weighted by Crippen LogP contribution is -2.37. The lowest BCUT2D eigenvalue weighted by atomic mass is 9.98. The van der Waals surface area contributed by atoms with Gasteiger partial charge in [-0.05, 0) is 41.8 Å². The third-order valence-corrected chi connectivity index (χ3v) is 8.40.